The van der Waals surface area contributed by atoms with Gasteiger partial charge in [0, 0.05) is 18.5 Å². The van der Waals surface area contributed by atoms with Gasteiger partial charge in [0.15, 0.2) is 0 Å². The number of benzene rings is 1. The van der Waals surface area contributed by atoms with Crippen LogP contribution in [0.25, 0.3) is 10.9 Å². The zero-order valence-corrected chi connectivity index (χ0v) is 13.5. The molecular formula is C18H23N3O2. The topological polar surface area (TPSA) is 65.5 Å². The quantitative estimate of drug-likeness (QED) is 0.889. The summed E-state index contributed by atoms with van der Waals surface area (Å²) in [6.07, 6.45) is 2.90. The number of aliphatic hydroxyl groups excluding tert-OH is 1. The van der Waals surface area contributed by atoms with Crippen LogP contribution in [-0.2, 0) is 0 Å². The van der Waals surface area contributed by atoms with Crippen LogP contribution >= 0.6 is 0 Å². The summed E-state index contributed by atoms with van der Waals surface area (Å²) in [5.41, 5.74) is 1.47. The molecule has 0 radical (unpaired) electrons. The zero-order chi connectivity index (χ0) is 16.2. The number of anilines is 1. The standard InChI is InChI=1S/C18H23N3O2/c1-2-9-19-18(23)15-11-17(21-10-5-6-13(21)12-22)20-16-8-4-3-7-14(15)16/h3-4,7-8,11,13,22H,2,5-6,9-10,12H2,1H3,(H,19,23). The Balaban J connectivity index is 2.04. The lowest BCUT2D eigenvalue weighted by Crippen LogP contribution is -2.33. The minimum Gasteiger partial charge on any atom is -0.394 e. The van der Waals surface area contributed by atoms with Crippen molar-refractivity contribution in [3.05, 3.63) is 35.9 Å². The van der Waals surface area contributed by atoms with E-state index in [0.29, 0.717) is 12.1 Å². The van der Waals surface area contributed by atoms with Crippen molar-refractivity contribution in [1.82, 2.24) is 10.3 Å². The molecule has 122 valence electrons. The summed E-state index contributed by atoms with van der Waals surface area (Å²) in [6, 6.07) is 9.67. The SMILES string of the molecule is CCCNC(=O)c1cc(N2CCCC2CO)nc2ccccc12. The van der Waals surface area contributed by atoms with Crippen LogP contribution in [0.4, 0.5) is 5.82 Å². The lowest BCUT2D eigenvalue weighted by Gasteiger charge is -2.25. The van der Waals surface area contributed by atoms with Crippen molar-refractivity contribution in [2.45, 2.75) is 32.2 Å². The van der Waals surface area contributed by atoms with Gasteiger partial charge in [0.1, 0.15) is 5.82 Å². The van der Waals surface area contributed by atoms with Crippen LogP contribution in [0.5, 0.6) is 0 Å². The molecule has 0 bridgehead atoms. The van der Waals surface area contributed by atoms with E-state index in [4.69, 9.17) is 4.98 Å². The molecule has 23 heavy (non-hydrogen) atoms. The molecule has 3 rings (SSSR count). The van der Waals surface area contributed by atoms with Gasteiger partial charge in [-0.25, -0.2) is 4.98 Å². The molecule has 0 spiro atoms. The first-order valence-electron chi connectivity index (χ1n) is 8.30. The Labute approximate surface area is 136 Å². The molecule has 5 heteroatoms. The number of rotatable bonds is 5. The molecule has 1 unspecified atom stereocenters. The molecule has 1 aliphatic heterocycles. The highest BCUT2D eigenvalue weighted by Gasteiger charge is 2.26. The number of hydrogen-bond acceptors (Lipinski definition) is 4. The van der Waals surface area contributed by atoms with E-state index in [2.05, 4.69) is 10.2 Å². The first-order chi connectivity index (χ1) is 11.2. The number of pyridine rings is 1. The monoisotopic (exact) mass is 313 g/mol. The third kappa shape index (κ3) is 3.15. The van der Waals surface area contributed by atoms with E-state index < -0.39 is 0 Å². The third-order valence-electron chi connectivity index (χ3n) is 4.36. The van der Waals surface area contributed by atoms with Crippen molar-refractivity contribution in [3.63, 3.8) is 0 Å². The van der Waals surface area contributed by atoms with Gasteiger partial charge in [-0.2, -0.15) is 0 Å². The maximum atomic E-state index is 12.5. The van der Waals surface area contributed by atoms with Gasteiger partial charge in [-0.3, -0.25) is 4.79 Å². The highest BCUT2D eigenvalue weighted by atomic mass is 16.3. The Morgan fingerprint density at radius 2 is 2.26 bits per heavy atom. The summed E-state index contributed by atoms with van der Waals surface area (Å²) >= 11 is 0. The van der Waals surface area contributed by atoms with Crippen molar-refractivity contribution in [2.75, 3.05) is 24.6 Å². The van der Waals surface area contributed by atoms with Crippen LogP contribution in [0.1, 0.15) is 36.5 Å². The highest BCUT2D eigenvalue weighted by molar-refractivity contribution is 6.07. The van der Waals surface area contributed by atoms with Crippen LogP contribution in [0.15, 0.2) is 30.3 Å². The van der Waals surface area contributed by atoms with E-state index in [9.17, 15) is 9.90 Å². The molecule has 2 heterocycles. The molecule has 1 atom stereocenters. The number of para-hydroxylation sites is 1. The lowest BCUT2D eigenvalue weighted by molar-refractivity contribution is 0.0955. The molecule has 1 aromatic heterocycles. The molecule has 5 nitrogen and oxygen atoms in total. The van der Waals surface area contributed by atoms with E-state index in [1.807, 2.05) is 37.3 Å². The van der Waals surface area contributed by atoms with Gasteiger partial charge < -0.3 is 15.3 Å². The number of amides is 1. The highest BCUT2D eigenvalue weighted by Crippen LogP contribution is 2.28. The average molecular weight is 313 g/mol. The van der Waals surface area contributed by atoms with E-state index >= 15 is 0 Å². The van der Waals surface area contributed by atoms with Gasteiger partial charge in [-0.1, -0.05) is 25.1 Å². The molecule has 1 aromatic carbocycles. The minimum atomic E-state index is -0.0635. The van der Waals surface area contributed by atoms with E-state index in [1.54, 1.807) is 0 Å². The summed E-state index contributed by atoms with van der Waals surface area (Å²) in [7, 11) is 0. The van der Waals surface area contributed by atoms with Crippen LogP contribution in [0.3, 0.4) is 0 Å². The molecular weight excluding hydrogens is 290 g/mol. The predicted octanol–water partition coefficient (Wildman–Crippen LogP) is 2.34. The lowest BCUT2D eigenvalue weighted by atomic mass is 10.1. The number of carbonyl (C=O) groups excluding carboxylic acids is 1. The normalized spacial score (nSPS) is 17.7. The number of aromatic nitrogens is 1. The maximum absolute atomic E-state index is 12.5. The number of nitrogens with one attached hydrogen (secondary N) is 1. The molecule has 0 saturated carbocycles. The Morgan fingerprint density at radius 3 is 3.04 bits per heavy atom. The Morgan fingerprint density at radius 1 is 1.43 bits per heavy atom. The number of carbonyl (C=O) groups is 1. The van der Waals surface area contributed by atoms with Crippen molar-refractivity contribution in [2.24, 2.45) is 0 Å². The molecule has 1 fully saturated rings. The van der Waals surface area contributed by atoms with Crippen LogP contribution in [0, 0.1) is 0 Å². The zero-order valence-electron chi connectivity index (χ0n) is 13.5. The van der Waals surface area contributed by atoms with Gasteiger partial charge >= 0.3 is 0 Å². The van der Waals surface area contributed by atoms with E-state index in [-0.39, 0.29) is 18.6 Å². The van der Waals surface area contributed by atoms with Crippen LogP contribution < -0.4 is 10.2 Å². The predicted molar refractivity (Wildman–Crippen MR) is 91.8 cm³/mol. The molecule has 1 amide bonds. The molecule has 1 aliphatic rings. The number of hydrogen-bond donors (Lipinski definition) is 2. The summed E-state index contributed by atoms with van der Waals surface area (Å²) in [4.78, 5) is 19.4. The summed E-state index contributed by atoms with van der Waals surface area (Å²) in [5, 5.41) is 13.4. The maximum Gasteiger partial charge on any atom is 0.252 e. The summed E-state index contributed by atoms with van der Waals surface area (Å²) < 4.78 is 0. The summed E-state index contributed by atoms with van der Waals surface area (Å²) in [6.45, 7) is 3.68. The van der Waals surface area contributed by atoms with Gasteiger partial charge in [0.05, 0.1) is 23.7 Å². The summed E-state index contributed by atoms with van der Waals surface area (Å²) in [5.74, 6) is 0.716. The first-order valence-corrected chi connectivity index (χ1v) is 8.30. The largest absolute Gasteiger partial charge is 0.394 e. The fraction of sp³-hybridized carbons (Fsp3) is 0.444. The van der Waals surface area contributed by atoms with Gasteiger partial charge in [-0.15, -0.1) is 0 Å². The fourth-order valence-corrected chi connectivity index (χ4v) is 3.16. The van der Waals surface area contributed by atoms with Crippen LogP contribution in [-0.4, -0.2) is 41.7 Å². The average Bonchev–Trinajstić information content (AvgIpc) is 3.07. The van der Waals surface area contributed by atoms with Gasteiger partial charge in [0.2, 0.25) is 0 Å². The second-order valence-electron chi connectivity index (χ2n) is 5.97. The van der Waals surface area contributed by atoms with Gasteiger partial charge in [0.25, 0.3) is 5.91 Å². The first kappa shape index (κ1) is 15.7. The second-order valence-corrected chi connectivity index (χ2v) is 5.97. The van der Waals surface area contributed by atoms with Crippen molar-refractivity contribution < 1.29 is 9.90 Å². The Hall–Kier alpha value is -2.14. The molecule has 2 N–H and O–H groups in total. The number of aliphatic hydroxyl groups is 1. The molecule has 2 aromatic rings. The third-order valence-corrected chi connectivity index (χ3v) is 4.36. The second kappa shape index (κ2) is 6.96. The van der Waals surface area contributed by atoms with E-state index in [1.165, 1.54) is 0 Å². The number of fused-ring (bicyclic) bond motifs is 1. The Kier molecular flexibility index (Phi) is 4.76. The van der Waals surface area contributed by atoms with Gasteiger partial charge in [-0.05, 0) is 31.4 Å². The van der Waals surface area contributed by atoms with Crippen molar-refractivity contribution in [3.8, 4) is 0 Å². The minimum absolute atomic E-state index is 0.0635. The number of nitrogens with zero attached hydrogens (tertiary/aromatic N) is 2. The molecule has 1 saturated heterocycles. The fourth-order valence-electron chi connectivity index (χ4n) is 3.16. The Bertz CT molecular complexity index is 702. The van der Waals surface area contributed by atoms with Crippen LogP contribution in [0.2, 0.25) is 0 Å². The van der Waals surface area contributed by atoms with Crippen molar-refractivity contribution in [1.29, 1.82) is 0 Å². The van der Waals surface area contributed by atoms with Crippen molar-refractivity contribution >= 4 is 22.6 Å². The molecule has 0 aliphatic carbocycles. The van der Waals surface area contributed by atoms with E-state index in [0.717, 1.165) is 42.5 Å². The smallest absolute Gasteiger partial charge is 0.252 e.